The van der Waals surface area contributed by atoms with E-state index in [-0.39, 0.29) is 0 Å². The van der Waals surface area contributed by atoms with Crippen molar-refractivity contribution in [2.45, 2.75) is 6.42 Å². The normalized spacial score (nSPS) is 21.3. The second-order valence-corrected chi connectivity index (χ2v) is 2.31. The van der Waals surface area contributed by atoms with Crippen molar-refractivity contribution in [3.05, 3.63) is 47.6 Å². The molecule has 0 heteroatoms. The van der Waals surface area contributed by atoms with Crippen LogP contribution in [0.2, 0.25) is 0 Å². The van der Waals surface area contributed by atoms with Gasteiger partial charge in [-0.1, -0.05) is 36.5 Å². The van der Waals surface area contributed by atoms with Gasteiger partial charge in [-0.3, -0.25) is 0 Å². The van der Waals surface area contributed by atoms with Crippen molar-refractivity contribution in [1.29, 1.82) is 0 Å². The molecule has 0 nitrogen and oxygen atoms in total. The first-order valence-electron chi connectivity index (χ1n) is 3.21. The Morgan fingerprint density at radius 2 is 2.11 bits per heavy atom. The van der Waals surface area contributed by atoms with Gasteiger partial charge in [0.25, 0.3) is 0 Å². The third-order valence-corrected chi connectivity index (χ3v) is 1.69. The lowest BCUT2D eigenvalue weighted by Gasteiger charge is -2.03. The van der Waals surface area contributed by atoms with Gasteiger partial charge < -0.3 is 0 Å². The van der Waals surface area contributed by atoms with Crippen LogP contribution in [-0.2, 0) is 0 Å². The fourth-order valence-electron chi connectivity index (χ4n) is 1.19. The highest BCUT2D eigenvalue weighted by Crippen LogP contribution is 2.24. The molecule has 0 fully saturated rings. The summed E-state index contributed by atoms with van der Waals surface area (Å²) in [7, 11) is 0. The first-order chi connectivity index (χ1) is 4.47. The molecule has 9 heavy (non-hydrogen) atoms. The first-order valence-corrected chi connectivity index (χ1v) is 3.21. The summed E-state index contributed by atoms with van der Waals surface area (Å²) in [6.45, 7) is 0. The molecule has 0 amide bonds. The molecule has 0 aromatic rings. The second-order valence-electron chi connectivity index (χ2n) is 2.31. The summed E-state index contributed by atoms with van der Waals surface area (Å²) >= 11 is 0. The van der Waals surface area contributed by atoms with Gasteiger partial charge in [0.2, 0.25) is 0 Å². The van der Waals surface area contributed by atoms with E-state index in [4.69, 9.17) is 0 Å². The summed E-state index contributed by atoms with van der Waals surface area (Å²) in [4.78, 5) is 0. The van der Waals surface area contributed by atoms with Crippen LogP contribution >= 0.6 is 0 Å². The Labute approximate surface area is 54.9 Å². The molecule has 0 saturated heterocycles. The predicted molar refractivity (Wildman–Crippen MR) is 39.1 cm³/mol. The van der Waals surface area contributed by atoms with Gasteiger partial charge in [-0.25, -0.2) is 0 Å². The van der Waals surface area contributed by atoms with Crippen LogP contribution < -0.4 is 0 Å². The van der Waals surface area contributed by atoms with Crippen LogP contribution in [0.15, 0.2) is 47.6 Å². The smallest absolute Gasteiger partial charge is 0.00884 e. The summed E-state index contributed by atoms with van der Waals surface area (Å²) in [6, 6.07) is 0. The molecule has 0 aromatic carbocycles. The molecular weight excluding hydrogens is 108 g/mol. The van der Waals surface area contributed by atoms with Crippen molar-refractivity contribution in [2.24, 2.45) is 0 Å². The quantitative estimate of drug-likeness (QED) is 0.455. The SMILES string of the molecule is C1=CCC2=CC=CC2=C1. The molecule has 44 valence electrons. The topological polar surface area (TPSA) is 0 Å². The van der Waals surface area contributed by atoms with E-state index < -0.39 is 0 Å². The standard InChI is InChI=1S/C9H8/c1-2-5-9-7-3-6-8(9)4-1/h1-4,6-7H,5H2. The van der Waals surface area contributed by atoms with Gasteiger partial charge in [-0.05, 0) is 17.6 Å². The minimum absolute atomic E-state index is 1.11. The Kier molecular flexibility index (Phi) is 0.922. The molecule has 2 aliphatic carbocycles. The van der Waals surface area contributed by atoms with E-state index in [9.17, 15) is 0 Å². The second kappa shape index (κ2) is 1.73. The van der Waals surface area contributed by atoms with Crippen LogP contribution in [0.25, 0.3) is 0 Å². The predicted octanol–water partition coefficient (Wildman–Crippen LogP) is 2.37. The minimum atomic E-state index is 1.11. The van der Waals surface area contributed by atoms with Crippen LogP contribution in [-0.4, -0.2) is 0 Å². The third kappa shape index (κ3) is 0.672. The van der Waals surface area contributed by atoms with Crippen molar-refractivity contribution < 1.29 is 0 Å². The van der Waals surface area contributed by atoms with E-state index in [1.54, 1.807) is 0 Å². The Bertz CT molecular complexity index is 237. The van der Waals surface area contributed by atoms with Crippen molar-refractivity contribution in [3.8, 4) is 0 Å². The largest absolute Gasteiger partial charge is 0.0801 e. The van der Waals surface area contributed by atoms with Gasteiger partial charge in [0, 0.05) is 0 Å². The van der Waals surface area contributed by atoms with E-state index in [2.05, 4.69) is 36.5 Å². The molecule has 0 spiro atoms. The summed E-state index contributed by atoms with van der Waals surface area (Å²) < 4.78 is 0. The lowest BCUT2D eigenvalue weighted by Crippen LogP contribution is -1.84. The van der Waals surface area contributed by atoms with Crippen molar-refractivity contribution in [1.82, 2.24) is 0 Å². The summed E-state index contributed by atoms with van der Waals surface area (Å²) in [5, 5.41) is 0. The maximum Gasteiger partial charge on any atom is -0.00884 e. The molecule has 0 N–H and O–H groups in total. The van der Waals surface area contributed by atoms with Gasteiger partial charge >= 0.3 is 0 Å². The van der Waals surface area contributed by atoms with Crippen LogP contribution in [0.5, 0.6) is 0 Å². The number of fused-ring (bicyclic) bond motifs is 1. The maximum absolute atomic E-state index is 2.18. The van der Waals surface area contributed by atoms with Crippen LogP contribution in [0.1, 0.15) is 6.42 Å². The minimum Gasteiger partial charge on any atom is -0.0801 e. The highest BCUT2D eigenvalue weighted by molar-refractivity contribution is 5.52. The van der Waals surface area contributed by atoms with Crippen LogP contribution in [0.4, 0.5) is 0 Å². The molecule has 0 bridgehead atoms. The summed E-state index contributed by atoms with van der Waals surface area (Å²) in [5.41, 5.74) is 2.84. The number of rotatable bonds is 0. The van der Waals surface area contributed by atoms with Gasteiger partial charge in [-0.2, -0.15) is 0 Å². The van der Waals surface area contributed by atoms with Gasteiger partial charge in [-0.15, -0.1) is 0 Å². The molecular formula is C9H8. The van der Waals surface area contributed by atoms with Crippen LogP contribution in [0, 0.1) is 0 Å². The molecule has 0 aliphatic heterocycles. The van der Waals surface area contributed by atoms with Gasteiger partial charge in [0.05, 0.1) is 0 Å². The molecule has 0 saturated carbocycles. The Morgan fingerprint density at radius 3 is 3.00 bits per heavy atom. The highest BCUT2D eigenvalue weighted by atomic mass is 14.1. The lowest BCUT2D eigenvalue weighted by molar-refractivity contribution is 1.24. The van der Waals surface area contributed by atoms with Gasteiger partial charge in [0.1, 0.15) is 0 Å². The molecule has 2 aliphatic rings. The van der Waals surface area contributed by atoms with Crippen molar-refractivity contribution >= 4 is 0 Å². The van der Waals surface area contributed by atoms with E-state index in [1.807, 2.05) is 0 Å². The molecule has 0 aromatic heterocycles. The zero-order chi connectivity index (χ0) is 6.10. The zero-order valence-corrected chi connectivity index (χ0v) is 5.17. The molecule has 0 unspecified atom stereocenters. The summed E-state index contributed by atoms with van der Waals surface area (Å²) in [6.07, 6.45) is 14.0. The van der Waals surface area contributed by atoms with E-state index in [1.165, 1.54) is 11.1 Å². The molecule has 0 heterocycles. The fraction of sp³-hybridized carbons (Fsp3) is 0.111. The zero-order valence-electron chi connectivity index (χ0n) is 5.17. The molecule has 0 atom stereocenters. The van der Waals surface area contributed by atoms with E-state index in [0.717, 1.165) is 6.42 Å². The number of hydrogen-bond acceptors (Lipinski definition) is 0. The highest BCUT2D eigenvalue weighted by Gasteiger charge is 2.05. The lowest BCUT2D eigenvalue weighted by atomic mass is 10.0. The van der Waals surface area contributed by atoms with Crippen LogP contribution in [0.3, 0.4) is 0 Å². The van der Waals surface area contributed by atoms with Crippen molar-refractivity contribution in [2.75, 3.05) is 0 Å². The molecule has 0 radical (unpaired) electrons. The number of allylic oxidation sites excluding steroid dienone is 8. The Hall–Kier alpha value is -1.04. The number of hydrogen-bond donors (Lipinski definition) is 0. The average Bonchev–Trinajstić information content (AvgIpc) is 2.33. The molecule has 2 rings (SSSR count). The maximum atomic E-state index is 2.18. The fourth-order valence-corrected chi connectivity index (χ4v) is 1.19. The first kappa shape index (κ1) is 4.80. The van der Waals surface area contributed by atoms with Crippen molar-refractivity contribution in [3.63, 3.8) is 0 Å². The third-order valence-electron chi connectivity index (χ3n) is 1.69. The Morgan fingerprint density at radius 1 is 1.11 bits per heavy atom. The van der Waals surface area contributed by atoms with E-state index >= 15 is 0 Å². The summed E-state index contributed by atoms with van der Waals surface area (Å²) in [5.74, 6) is 0. The van der Waals surface area contributed by atoms with Gasteiger partial charge in [0.15, 0.2) is 0 Å². The van der Waals surface area contributed by atoms with E-state index in [0.29, 0.717) is 0 Å². The average molecular weight is 116 g/mol. The monoisotopic (exact) mass is 116 g/mol. The Balaban J connectivity index is 2.46.